The Labute approximate surface area is 102 Å². The molecule has 0 saturated carbocycles. The molecule has 2 rings (SSSR count). The van der Waals surface area contributed by atoms with Gasteiger partial charge in [-0.1, -0.05) is 0 Å². The quantitative estimate of drug-likeness (QED) is 0.630. The summed E-state index contributed by atoms with van der Waals surface area (Å²) in [4.78, 5) is 21.6. The molecule has 0 radical (unpaired) electrons. The number of benzene rings is 1. The molecule has 18 heavy (non-hydrogen) atoms. The van der Waals surface area contributed by atoms with E-state index >= 15 is 0 Å². The molecule has 96 valence electrons. The molecule has 0 spiro atoms. The molecule has 1 amide bonds. The van der Waals surface area contributed by atoms with Crippen LogP contribution in [0.25, 0.3) is 0 Å². The lowest BCUT2D eigenvalue weighted by atomic mass is 10.2. The van der Waals surface area contributed by atoms with Gasteiger partial charge >= 0.3 is 0 Å². The Bertz CT molecular complexity index is 486. The Morgan fingerprint density at radius 3 is 2.89 bits per heavy atom. The Morgan fingerprint density at radius 1 is 1.50 bits per heavy atom. The number of carbonyl (C=O) groups excluding carboxylic acids is 1. The van der Waals surface area contributed by atoms with Crippen molar-refractivity contribution in [3.63, 3.8) is 0 Å². The molecule has 1 heterocycles. The van der Waals surface area contributed by atoms with Gasteiger partial charge in [0.2, 0.25) is 5.91 Å². The van der Waals surface area contributed by atoms with Gasteiger partial charge in [0.05, 0.1) is 22.7 Å². The van der Waals surface area contributed by atoms with Crippen LogP contribution in [0.1, 0.15) is 12.8 Å². The summed E-state index contributed by atoms with van der Waals surface area (Å²) in [5, 5.41) is 16.0. The van der Waals surface area contributed by atoms with Gasteiger partial charge in [-0.2, -0.15) is 0 Å². The number of nitrogens with zero attached hydrogens (tertiary/aromatic N) is 1. The third-order valence-corrected chi connectivity index (χ3v) is 2.74. The first-order valence-corrected chi connectivity index (χ1v) is 5.55. The first-order valence-electron chi connectivity index (χ1n) is 5.55. The molecular weight excluding hydrogens is 241 g/mol. The first-order chi connectivity index (χ1) is 8.56. The second-order valence-corrected chi connectivity index (χ2v) is 4.09. The zero-order valence-electron chi connectivity index (χ0n) is 9.48. The van der Waals surface area contributed by atoms with E-state index in [1.807, 2.05) is 0 Å². The second kappa shape index (κ2) is 5.09. The van der Waals surface area contributed by atoms with Crippen LogP contribution in [0.5, 0.6) is 0 Å². The van der Waals surface area contributed by atoms with Gasteiger partial charge in [-0.3, -0.25) is 14.9 Å². The third kappa shape index (κ3) is 2.80. The van der Waals surface area contributed by atoms with Crippen molar-refractivity contribution in [1.82, 2.24) is 5.32 Å². The van der Waals surface area contributed by atoms with Gasteiger partial charge in [-0.05, 0) is 25.5 Å². The predicted molar refractivity (Wildman–Crippen MR) is 62.7 cm³/mol. The monoisotopic (exact) mass is 253 g/mol. The number of nitro benzene ring substituents is 1. The van der Waals surface area contributed by atoms with Gasteiger partial charge in [0, 0.05) is 6.07 Å². The zero-order chi connectivity index (χ0) is 13.1. The lowest BCUT2D eigenvalue weighted by molar-refractivity contribution is -0.385. The van der Waals surface area contributed by atoms with Crippen LogP contribution in [-0.4, -0.2) is 23.4 Å². The minimum Gasteiger partial charge on any atom is -0.324 e. The van der Waals surface area contributed by atoms with E-state index in [1.165, 1.54) is 0 Å². The van der Waals surface area contributed by atoms with Crippen LogP contribution in [0.3, 0.4) is 0 Å². The summed E-state index contributed by atoms with van der Waals surface area (Å²) in [7, 11) is 0. The highest BCUT2D eigenvalue weighted by Gasteiger charge is 2.22. The Morgan fingerprint density at radius 2 is 2.28 bits per heavy atom. The normalized spacial score (nSPS) is 18.6. The highest BCUT2D eigenvalue weighted by Crippen LogP contribution is 2.20. The minimum atomic E-state index is -0.751. The van der Waals surface area contributed by atoms with Gasteiger partial charge in [-0.25, -0.2) is 4.39 Å². The number of hydrogen-bond donors (Lipinski definition) is 2. The van der Waals surface area contributed by atoms with Crippen molar-refractivity contribution < 1.29 is 14.1 Å². The summed E-state index contributed by atoms with van der Waals surface area (Å²) in [6, 6.07) is 2.69. The molecule has 0 unspecified atom stereocenters. The summed E-state index contributed by atoms with van der Waals surface area (Å²) in [6.07, 6.45) is 1.62. The molecule has 1 aromatic rings. The smallest absolute Gasteiger partial charge is 0.274 e. The van der Waals surface area contributed by atoms with E-state index in [0.29, 0.717) is 6.42 Å². The van der Waals surface area contributed by atoms with Gasteiger partial charge in [0.25, 0.3) is 5.69 Å². The number of carbonyl (C=O) groups is 1. The van der Waals surface area contributed by atoms with E-state index in [1.54, 1.807) is 0 Å². The number of hydrogen-bond acceptors (Lipinski definition) is 4. The minimum absolute atomic E-state index is 0.0976. The maximum Gasteiger partial charge on any atom is 0.274 e. The third-order valence-electron chi connectivity index (χ3n) is 2.74. The van der Waals surface area contributed by atoms with Gasteiger partial charge in [0.1, 0.15) is 5.82 Å². The predicted octanol–water partition coefficient (Wildman–Crippen LogP) is 1.42. The molecule has 0 aromatic heterocycles. The molecule has 1 aliphatic heterocycles. The van der Waals surface area contributed by atoms with Crippen LogP contribution < -0.4 is 10.6 Å². The average Bonchev–Trinajstić information content (AvgIpc) is 2.81. The Hall–Kier alpha value is -2.02. The fourth-order valence-electron chi connectivity index (χ4n) is 1.89. The zero-order valence-corrected chi connectivity index (χ0v) is 9.48. The number of anilines is 1. The molecule has 1 fully saturated rings. The van der Waals surface area contributed by atoms with Crippen molar-refractivity contribution in [2.24, 2.45) is 0 Å². The first kappa shape index (κ1) is 12.4. The Kier molecular flexibility index (Phi) is 3.52. The molecule has 7 heteroatoms. The second-order valence-electron chi connectivity index (χ2n) is 4.09. The highest BCUT2D eigenvalue weighted by atomic mass is 19.1. The standard InChI is InChI=1S/C11H12FN3O3/c12-7-4-8(6-9(5-7)15(17)18)14-11(16)10-2-1-3-13-10/h4-6,10,13H,1-3H2,(H,14,16)/t10-/m1/s1. The SMILES string of the molecule is O=C(Nc1cc(F)cc([N+](=O)[O-])c1)[C@H]1CCCN1. The fraction of sp³-hybridized carbons (Fsp3) is 0.364. The van der Waals surface area contributed by atoms with Crippen LogP contribution >= 0.6 is 0 Å². The van der Waals surface area contributed by atoms with E-state index in [9.17, 15) is 19.3 Å². The lowest BCUT2D eigenvalue weighted by Crippen LogP contribution is -2.35. The van der Waals surface area contributed by atoms with Crippen molar-refractivity contribution in [2.75, 3.05) is 11.9 Å². The summed E-state index contributed by atoms with van der Waals surface area (Å²) in [5.74, 6) is -1.05. The van der Waals surface area contributed by atoms with Crippen LogP contribution in [0, 0.1) is 15.9 Å². The summed E-state index contributed by atoms with van der Waals surface area (Å²) >= 11 is 0. The fourth-order valence-corrected chi connectivity index (χ4v) is 1.89. The van der Waals surface area contributed by atoms with Gasteiger partial charge in [-0.15, -0.1) is 0 Å². The Balaban J connectivity index is 2.13. The maximum absolute atomic E-state index is 13.1. The lowest BCUT2D eigenvalue weighted by Gasteiger charge is -2.10. The van der Waals surface area contributed by atoms with Crippen LogP contribution in [-0.2, 0) is 4.79 Å². The molecule has 0 aliphatic carbocycles. The number of nitro groups is 1. The number of rotatable bonds is 3. The van der Waals surface area contributed by atoms with Crippen LogP contribution in [0.2, 0.25) is 0 Å². The molecule has 1 atom stereocenters. The van der Waals surface area contributed by atoms with Crippen LogP contribution in [0.15, 0.2) is 18.2 Å². The highest BCUT2D eigenvalue weighted by molar-refractivity contribution is 5.95. The van der Waals surface area contributed by atoms with E-state index in [-0.39, 0.29) is 23.3 Å². The molecule has 2 N–H and O–H groups in total. The molecule has 0 bridgehead atoms. The van der Waals surface area contributed by atoms with E-state index < -0.39 is 10.7 Å². The van der Waals surface area contributed by atoms with Crippen molar-refractivity contribution >= 4 is 17.3 Å². The van der Waals surface area contributed by atoms with Gasteiger partial charge < -0.3 is 10.6 Å². The van der Waals surface area contributed by atoms with E-state index in [0.717, 1.165) is 31.2 Å². The maximum atomic E-state index is 13.1. The molecule has 1 aromatic carbocycles. The average molecular weight is 253 g/mol. The molecule has 1 aliphatic rings. The van der Waals surface area contributed by atoms with E-state index in [4.69, 9.17) is 0 Å². The molecule has 6 nitrogen and oxygen atoms in total. The number of halogens is 1. The summed E-state index contributed by atoms with van der Waals surface area (Å²) in [5.41, 5.74) is -0.287. The molecular formula is C11H12FN3O3. The largest absolute Gasteiger partial charge is 0.324 e. The topological polar surface area (TPSA) is 84.3 Å². The van der Waals surface area contributed by atoms with Crippen molar-refractivity contribution in [3.8, 4) is 0 Å². The number of non-ortho nitro benzene ring substituents is 1. The summed E-state index contributed by atoms with van der Waals surface area (Å²) < 4.78 is 13.1. The van der Waals surface area contributed by atoms with Crippen LogP contribution in [0.4, 0.5) is 15.8 Å². The van der Waals surface area contributed by atoms with Crippen molar-refractivity contribution in [2.45, 2.75) is 18.9 Å². The van der Waals surface area contributed by atoms with Gasteiger partial charge in [0.15, 0.2) is 0 Å². The van der Waals surface area contributed by atoms with Crippen molar-refractivity contribution in [1.29, 1.82) is 0 Å². The van der Waals surface area contributed by atoms with Crippen molar-refractivity contribution in [3.05, 3.63) is 34.1 Å². The number of nitrogens with one attached hydrogen (secondary N) is 2. The number of amides is 1. The molecule has 1 saturated heterocycles. The summed E-state index contributed by atoms with van der Waals surface area (Å²) in [6.45, 7) is 0.765. The van der Waals surface area contributed by atoms with E-state index in [2.05, 4.69) is 10.6 Å².